The van der Waals surface area contributed by atoms with Crippen molar-refractivity contribution in [2.24, 2.45) is 0 Å². The van der Waals surface area contributed by atoms with Gasteiger partial charge >= 0.3 is 0 Å². The monoisotopic (exact) mass is 772 g/mol. The Kier molecular flexibility index (Phi) is 8.69. The molecular formula is C51H40N4S2. The second-order valence-corrected chi connectivity index (χ2v) is 17.6. The predicted octanol–water partition coefficient (Wildman–Crippen LogP) is 14.5. The molecule has 4 aliphatic rings. The van der Waals surface area contributed by atoms with Crippen LogP contribution in [0.25, 0.3) is 22.3 Å². The van der Waals surface area contributed by atoms with Crippen LogP contribution in [0.4, 0.5) is 34.1 Å². The van der Waals surface area contributed by atoms with Gasteiger partial charge in [0.05, 0.1) is 45.8 Å². The summed E-state index contributed by atoms with van der Waals surface area (Å²) in [7, 11) is 0. The average Bonchev–Trinajstić information content (AvgIpc) is 4.13. The fraction of sp³-hybridized carbons (Fsp3) is 0.157. The van der Waals surface area contributed by atoms with Gasteiger partial charge in [-0.3, -0.25) is 0 Å². The van der Waals surface area contributed by atoms with E-state index in [1.807, 2.05) is 35.7 Å². The molecule has 0 spiro atoms. The SMILES string of the molecule is N#Cc1ccc(-c2cc(-c3ccc(C4CN4)cc3)c(N3c4ccccc4Sc4ccccc43)c(C3CCCCC3)c2N2c3ccccc3Sc3ccccc32)cc1. The summed E-state index contributed by atoms with van der Waals surface area (Å²) in [5.41, 5.74) is 15.4. The van der Waals surface area contributed by atoms with Crippen molar-refractivity contribution in [2.45, 2.75) is 63.6 Å². The van der Waals surface area contributed by atoms with E-state index >= 15 is 0 Å². The summed E-state index contributed by atoms with van der Waals surface area (Å²) in [5.74, 6) is 0.318. The molecule has 7 aromatic carbocycles. The van der Waals surface area contributed by atoms with Crippen LogP contribution < -0.4 is 15.1 Å². The van der Waals surface area contributed by atoms with Crippen LogP contribution in [0.1, 0.15) is 60.8 Å². The van der Waals surface area contributed by atoms with Crippen molar-refractivity contribution in [3.8, 4) is 28.3 Å². The summed E-state index contributed by atoms with van der Waals surface area (Å²) in [4.78, 5) is 10.2. The molecule has 6 heteroatoms. The van der Waals surface area contributed by atoms with Crippen LogP contribution in [0, 0.1) is 11.3 Å². The number of nitriles is 1. The zero-order valence-electron chi connectivity index (χ0n) is 31.5. The molecule has 1 saturated heterocycles. The van der Waals surface area contributed by atoms with Gasteiger partial charge in [0.15, 0.2) is 0 Å². The standard InChI is InChI=1S/C51H40N4S2/c52-31-33-22-24-34(25-23-33)38-30-39(35-26-28-36(29-27-35)40-32-53-40)51(55-43-16-6-10-20-47(43)57-48-21-11-7-17-44(48)55)49(37-12-2-1-3-13-37)50(38)54-41-14-4-8-18-45(41)56-46-19-9-5-15-42(46)54/h4-11,14-30,37,40,53H,1-3,12-13,32H2. The van der Waals surface area contributed by atoms with Crippen LogP contribution in [-0.4, -0.2) is 6.54 Å². The Morgan fingerprint density at radius 3 is 1.37 bits per heavy atom. The second-order valence-electron chi connectivity index (χ2n) is 15.4. The maximum Gasteiger partial charge on any atom is 0.0991 e. The molecule has 3 heterocycles. The first-order chi connectivity index (χ1) is 28.2. The van der Waals surface area contributed by atoms with Gasteiger partial charge in [0.2, 0.25) is 0 Å². The lowest BCUT2D eigenvalue weighted by atomic mass is 9.78. The highest BCUT2D eigenvalue weighted by atomic mass is 32.2. The highest BCUT2D eigenvalue weighted by molar-refractivity contribution is 8.00. The van der Waals surface area contributed by atoms with Gasteiger partial charge in [-0.25, -0.2) is 0 Å². The minimum Gasteiger partial charge on any atom is -0.307 e. The molecule has 0 amide bonds. The van der Waals surface area contributed by atoms with E-state index in [1.165, 1.54) is 101 Å². The number of nitrogens with one attached hydrogen (secondary N) is 1. The van der Waals surface area contributed by atoms with Crippen LogP contribution >= 0.6 is 23.5 Å². The third-order valence-electron chi connectivity index (χ3n) is 12.0. The van der Waals surface area contributed by atoms with Gasteiger partial charge in [-0.2, -0.15) is 5.26 Å². The zero-order valence-corrected chi connectivity index (χ0v) is 33.1. The first-order valence-corrected chi connectivity index (χ1v) is 21.7. The lowest BCUT2D eigenvalue weighted by molar-refractivity contribution is 0.444. The number of rotatable bonds is 6. The Hall–Kier alpha value is -5.71. The minimum absolute atomic E-state index is 0.318. The van der Waals surface area contributed by atoms with E-state index in [-0.39, 0.29) is 0 Å². The molecule has 4 nitrogen and oxygen atoms in total. The van der Waals surface area contributed by atoms with E-state index in [2.05, 4.69) is 161 Å². The maximum absolute atomic E-state index is 9.92. The van der Waals surface area contributed by atoms with E-state index in [0.29, 0.717) is 17.5 Å². The average molecular weight is 773 g/mol. The Labute approximate surface area is 343 Å². The Balaban J connectivity index is 1.32. The molecule has 11 rings (SSSR count). The molecule has 0 bridgehead atoms. The highest BCUT2D eigenvalue weighted by Crippen LogP contribution is 2.62. The molecule has 7 aromatic rings. The third kappa shape index (κ3) is 6.04. The van der Waals surface area contributed by atoms with E-state index in [9.17, 15) is 5.26 Å². The van der Waals surface area contributed by atoms with Crippen molar-refractivity contribution in [3.05, 3.63) is 168 Å². The summed E-state index contributed by atoms with van der Waals surface area (Å²) >= 11 is 3.72. The molecular weight excluding hydrogens is 733 g/mol. The molecule has 1 N–H and O–H groups in total. The highest BCUT2D eigenvalue weighted by Gasteiger charge is 2.38. The third-order valence-corrected chi connectivity index (χ3v) is 14.3. The quantitative estimate of drug-likeness (QED) is 0.170. The van der Waals surface area contributed by atoms with Gasteiger partial charge in [0.1, 0.15) is 0 Å². The Bertz CT molecular complexity index is 2620. The summed E-state index contributed by atoms with van der Waals surface area (Å²) in [6.07, 6.45) is 5.92. The second kappa shape index (κ2) is 14.3. The Morgan fingerprint density at radius 1 is 0.526 bits per heavy atom. The van der Waals surface area contributed by atoms with Crippen molar-refractivity contribution in [3.63, 3.8) is 0 Å². The molecule has 1 saturated carbocycles. The van der Waals surface area contributed by atoms with Gasteiger partial charge in [0.25, 0.3) is 0 Å². The number of fused-ring (bicyclic) bond motifs is 4. The van der Waals surface area contributed by atoms with Crippen molar-refractivity contribution >= 4 is 57.6 Å². The van der Waals surface area contributed by atoms with Crippen molar-refractivity contribution < 1.29 is 0 Å². The molecule has 1 unspecified atom stereocenters. The maximum atomic E-state index is 9.92. The first kappa shape index (κ1) is 34.5. The van der Waals surface area contributed by atoms with Gasteiger partial charge in [0, 0.05) is 48.9 Å². The number of para-hydroxylation sites is 4. The minimum atomic E-state index is 0.318. The topological polar surface area (TPSA) is 52.2 Å². The lowest BCUT2D eigenvalue weighted by Gasteiger charge is -2.42. The molecule has 3 aliphatic heterocycles. The molecule has 57 heavy (non-hydrogen) atoms. The molecule has 2 fully saturated rings. The van der Waals surface area contributed by atoms with Crippen LogP contribution in [0.15, 0.2) is 171 Å². The van der Waals surface area contributed by atoms with Crippen LogP contribution in [0.5, 0.6) is 0 Å². The van der Waals surface area contributed by atoms with E-state index in [1.54, 1.807) is 0 Å². The normalized spacial score (nSPS) is 16.9. The van der Waals surface area contributed by atoms with Gasteiger partial charge in [-0.1, -0.05) is 128 Å². The van der Waals surface area contributed by atoms with Crippen LogP contribution in [0.3, 0.4) is 0 Å². The van der Waals surface area contributed by atoms with E-state index < -0.39 is 0 Å². The predicted molar refractivity (Wildman–Crippen MR) is 236 cm³/mol. The first-order valence-electron chi connectivity index (χ1n) is 20.1. The number of benzene rings is 7. The van der Waals surface area contributed by atoms with Gasteiger partial charge in [-0.05, 0) is 102 Å². The fourth-order valence-corrected chi connectivity index (χ4v) is 11.3. The summed E-state index contributed by atoms with van der Waals surface area (Å²) in [6, 6.07) is 58.6. The number of hydrogen-bond donors (Lipinski definition) is 1. The number of hydrogen-bond acceptors (Lipinski definition) is 6. The van der Waals surface area contributed by atoms with Crippen LogP contribution in [-0.2, 0) is 0 Å². The summed E-state index contributed by atoms with van der Waals surface area (Å²) in [6.45, 7) is 1.03. The molecule has 1 atom stereocenters. The van der Waals surface area contributed by atoms with E-state index in [0.717, 1.165) is 24.9 Å². The summed E-state index contributed by atoms with van der Waals surface area (Å²) in [5, 5.41) is 13.4. The number of anilines is 6. The summed E-state index contributed by atoms with van der Waals surface area (Å²) < 4.78 is 0. The van der Waals surface area contributed by atoms with Gasteiger partial charge in [-0.15, -0.1) is 0 Å². The zero-order chi connectivity index (χ0) is 37.9. The van der Waals surface area contributed by atoms with Crippen LogP contribution in [0.2, 0.25) is 0 Å². The largest absolute Gasteiger partial charge is 0.307 e. The van der Waals surface area contributed by atoms with Gasteiger partial charge < -0.3 is 15.1 Å². The lowest BCUT2D eigenvalue weighted by Crippen LogP contribution is -2.24. The molecule has 0 aromatic heterocycles. The molecule has 1 aliphatic carbocycles. The molecule has 0 radical (unpaired) electrons. The smallest absolute Gasteiger partial charge is 0.0991 e. The fourth-order valence-electron chi connectivity index (χ4n) is 9.19. The van der Waals surface area contributed by atoms with Crippen molar-refractivity contribution in [1.29, 1.82) is 5.26 Å². The van der Waals surface area contributed by atoms with E-state index in [4.69, 9.17) is 0 Å². The molecule has 276 valence electrons. The van der Waals surface area contributed by atoms with Crippen molar-refractivity contribution in [1.82, 2.24) is 5.32 Å². The van der Waals surface area contributed by atoms with Crippen molar-refractivity contribution in [2.75, 3.05) is 16.3 Å². The number of nitrogens with zero attached hydrogens (tertiary/aromatic N) is 3. The Morgan fingerprint density at radius 2 is 0.947 bits per heavy atom.